The van der Waals surface area contributed by atoms with Crippen molar-refractivity contribution in [1.82, 2.24) is 0 Å². The van der Waals surface area contributed by atoms with E-state index in [1.54, 1.807) is 0 Å². The quantitative estimate of drug-likeness (QED) is 0.851. The maximum atomic E-state index is 11.1. The minimum Gasteiger partial charge on any atom is -0.390 e. The van der Waals surface area contributed by atoms with Crippen molar-refractivity contribution >= 4 is 0 Å². The Bertz CT molecular complexity index is 502. The van der Waals surface area contributed by atoms with Gasteiger partial charge in [-0.25, -0.2) is 0 Å². The smallest absolute Gasteiger partial charge is 0.0695 e. The molecule has 1 aromatic carbocycles. The molecule has 2 aliphatic carbocycles. The highest BCUT2D eigenvalue weighted by Gasteiger charge is 2.41. The molecule has 1 N–H and O–H groups in total. The molecule has 0 radical (unpaired) electrons. The van der Waals surface area contributed by atoms with Crippen molar-refractivity contribution in [3.8, 4) is 0 Å². The Morgan fingerprint density at radius 1 is 1.15 bits per heavy atom. The fraction of sp³-hybridized carbons (Fsp3) is 0.684. The van der Waals surface area contributed by atoms with Gasteiger partial charge in [-0.2, -0.15) is 0 Å². The summed E-state index contributed by atoms with van der Waals surface area (Å²) in [6, 6.07) is 6.89. The van der Waals surface area contributed by atoms with E-state index >= 15 is 0 Å². The van der Waals surface area contributed by atoms with Gasteiger partial charge in [0, 0.05) is 6.42 Å². The SMILES string of the molecule is CC1CC(C)(C)CC(O)(Cc2ccc3c(c2)CCC3)C1. The van der Waals surface area contributed by atoms with Gasteiger partial charge in [-0.1, -0.05) is 39.0 Å². The first kappa shape index (κ1) is 14.1. The number of fused-ring (bicyclic) bond motifs is 1. The highest BCUT2D eigenvalue weighted by molar-refractivity contribution is 5.36. The highest BCUT2D eigenvalue weighted by atomic mass is 16.3. The van der Waals surface area contributed by atoms with E-state index in [2.05, 4.69) is 39.0 Å². The first-order chi connectivity index (χ1) is 9.35. The van der Waals surface area contributed by atoms with Gasteiger partial charge < -0.3 is 5.11 Å². The van der Waals surface area contributed by atoms with Crippen LogP contribution in [0.4, 0.5) is 0 Å². The molecule has 1 aromatic rings. The number of hydrogen-bond donors (Lipinski definition) is 1. The molecule has 0 saturated heterocycles. The monoisotopic (exact) mass is 272 g/mol. The van der Waals surface area contributed by atoms with Gasteiger partial charge in [0.15, 0.2) is 0 Å². The normalized spacial score (nSPS) is 32.1. The van der Waals surface area contributed by atoms with Gasteiger partial charge >= 0.3 is 0 Å². The number of aliphatic hydroxyl groups is 1. The van der Waals surface area contributed by atoms with E-state index in [0.717, 1.165) is 19.3 Å². The summed E-state index contributed by atoms with van der Waals surface area (Å²) in [4.78, 5) is 0. The molecule has 0 spiro atoms. The van der Waals surface area contributed by atoms with Crippen molar-refractivity contribution in [2.75, 3.05) is 0 Å². The standard InChI is InChI=1S/C19H28O/c1-14-10-18(2,3)13-19(20,11-14)12-15-7-8-16-5-4-6-17(16)9-15/h7-9,14,20H,4-6,10-13H2,1-3H3. The second-order valence-corrected chi connectivity index (χ2v) is 8.21. The maximum Gasteiger partial charge on any atom is 0.0695 e. The van der Waals surface area contributed by atoms with Crippen LogP contribution in [0.5, 0.6) is 0 Å². The van der Waals surface area contributed by atoms with Crippen LogP contribution < -0.4 is 0 Å². The molecule has 0 aliphatic heterocycles. The number of rotatable bonds is 2. The van der Waals surface area contributed by atoms with Crippen molar-refractivity contribution in [1.29, 1.82) is 0 Å². The van der Waals surface area contributed by atoms with Crippen LogP contribution >= 0.6 is 0 Å². The highest BCUT2D eigenvalue weighted by Crippen LogP contribution is 2.45. The van der Waals surface area contributed by atoms with Gasteiger partial charge in [0.1, 0.15) is 0 Å². The minimum absolute atomic E-state index is 0.267. The number of aryl methyl sites for hydroxylation is 2. The molecule has 2 atom stereocenters. The zero-order valence-electron chi connectivity index (χ0n) is 13.2. The van der Waals surface area contributed by atoms with E-state index in [1.807, 2.05) is 0 Å². The zero-order chi connectivity index (χ0) is 14.4. The Kier molecular flexibility index (Phi) is 3.44. The molecule has 20 heavy (non-hydrogen) atoms. The maximum absolute atomic E-state index is 11.1. The van der Waals surface area contributed by atoms with Crippen LogP contribution in [-0.4, -0.2) is 10.7 Å². The molecular weight excluding hydrogens is 244 g/mol. The molecular formula is C19H28O. The van der Waals surface area contributed by atoms with E-state index in [-0.39, 0.29) is 5.41 Å². The first-order valence-electron chi connectivity index (χ1n) is 8.18. The molecule has 0 amide bonds. The van der Waals surface area contributed by atoms with Gasteiger partial charge in [0.25, 0.3) is 0 Å². The lowest BCUT2D eigenvalue weighted by Gasteiger charge is -2.45. The van der Waals surface area contributed by atoms with Crippen LogP contribution in [0.1, 0.15) is 63.1 Å². The molecule has 110 valence electrons. The average Bonchev–Trinajstić information content (AvgIpc) is 2.71. The summed E-state index contributed by atoms with van der Waals surface area (Å²) < 4.78 is 0. The fourth-order valence-corrected chi connectivity index (χ4v) is 4.95. The van der Waals surface area contributed by atoms with Crippen molar-refractivity contribution in [2.24, 2.45) is 11.3 Å². The Morgan fingerprint density at radius 2 is 1.90 bits per heavy atom. The van der Waals surface area contributed by atoms with Gasteiger partial charge in [0.2, 0.25) is 0 Å². The molecule has 1 fully saturated rings. The van der Waals surface area contributed by atoms with Crippen LogP contribution in [0.3, 0.4) is 0 Å². The van der Waals surface area contributed by atoms with Crippen LogP contribution in [-0.2, 0) is 19.3 Å². The number of hydrogen-bond acceptors (Lipinski definition) is 1. The summed E-state index contributed by atoms with van der Waals surface area (Å²) in [5.41, 5.74) is 4.14. The van der Waals surface area contributed by atoms with E-state index in [1.165, 1.54) is 42.4 Å². The third-order valence-electron chi connectivity index (χ3n) is 5.13. The van der Waals surface area contributed by atoms with Gasteiger partial charge in [-0.15, -0.1) is 0 Å². The topological polar surface area (TPSA) is 20.2 Å². The van der Waals surface area contributed by atoms with Crippen LogP contribution in [0.25, 0.3) is 0 Å². The van der Waals surface area contributed by atoms with E-state index in [0.29, 0.717) is 5.92 Å². The van der Waals surface area contributed by atoms with Crippen molar-refractivity contribution < 1.29 is 5.11 Å². The summed E-state index contributed by atoms with van der Waals surface area (Å²) >= 11 is 0. The zero-order valence-corrected chi connectivity index (χ0v) is 13.2. The predicted octanol–water partition coefficient (Wildman–Crippen LogP) is 4.30. The van der Waals surface area contributed by atoms with E-state index in [4.69, 9.17) is 0 Å². The second-order valence-electron chi connectivity index (χ2n) is 8.21. The van der Waals surface area contributed by atoms with Crippen LogP contribution in [0.2, 0.25) is 0 Å². The van der Waals surface area contributed by atoms with E-state index in [9.17, 15) is 5.11 Å². The average molecular weight is 272 g/mol. The fourth-order valence-electron chi connectivity index (χ4n) is 4.95. The van der Waals surface area contributed by atoms with Gasteiger partial charge in [0.05, 0.1) is 5.60 Å². The minimum atomic E-state index is -0.506. The Morgan fingerprint density at radius 3 is 2.65 bits per heavy atom. The van der Waals surface area contributed by atoms with Crippen LogP contribution in [0.15, 0.2) is 18.2 Å². The molecule has 1 heteroatoms. The summed E-state index contributed by atoms with van der Waals surface area (Å²) in [6.07, 6.45) is 7.71. The van der Waals surface area contributed by atoms with Crippen molar-refractivity contribution in [3.05, 3.63) is 34.9 Å². The lowest BCUT2D eigenvalue weighted by Crippen LogP contribution is -2.43. The number of benzene rings is 1. The van der Waals surface area contributed by atoms with Gasteiger partial charge in [-0.05, 0) is 66.5 Å². The molecule has 3 rings (SSSR count). The summed E-state index contributed by atoms with van der Waals surface area (Å²) in [6.45, 7) is 6.89. The molecule has 2 aliphatic rings. The first-order valence-corrected chi connectivity index (χ1v) is 8.18. The lowest BCUT2D eigenvalue weighted by atomic mass is 9.64. The van der Waals surface area contributed by atoms with E-state index < -0.39 is 5.60 Å². The van der Waals surface area contributed by atoms with Crippen molar-refractivity contribution in [2.45, 2.75) is 71.3 Å². The van der Waals surface area contributed by atoms with Crippen LogP contribution in [0, 0.1) is 11.3 Å². The molecule has 0 bridgehead atoms. The molecule has 1 saturated carbocycles. The van der Waals surface area contributed by atoms with Gasteiger partial charge in [-0.3, -0.25) is 0 Å². The van der Waals surface area contributed by atoms with Crippen molar-refractivity contribution in [3.63, 3.8) is 0 Å². The lowest BCUT2D eigenvalue weighted by molar-refractivity contribution is -0.0574. The molecule has 0 aromatic heterocycles. The Labute approximate surface area is 123 Å². The molecule has 2 unspecified atom stereocenters. The predicted molar refractivity (Wildman–Crippen MR) is 83.9 cm³/mol. The molecule has 0 heterocycles. The molecule has 1 nitrogen and oxygen atoms in total. The Balaban J connectivity index is 1.79. The third-order valence-corrected chi connectivity index (χ3v) is 5.13. The third kappa shape index (κ3) is 2.93. The summed E-state index contributed by atoms with van der Waals surface area (Å²) in [5, 5.41) is 11.1. The summed E-state index contributed by atoms with van der Waals surface area (Å²) in [7, 11) is 0. The Hall–Kier alpha value is -0.820. The summed E-state index contributed by atoms with van der Waals surface area (Å²) in [5.74, 6) is 0.623. The second kappa shape index (κ2) is 4.87. The largest absolute Gasteiger partial charge is 0.390 e.